The number of ether oxygens (including phenoxy) is 2. The third-order valence-corrected chi connectivity index (χ3v) is 8.80. The summed E-state index contributed by atoms with van der Waals surface area (Å²) in [5.74, 6) is 4.04. The second-order valence-corrected chi connectivity index (χ2v) is 12.6. The van der Waals surface area contributed by atoms with Gasteiger partial charge in [-0.05, 0) is 95.6 Å². The van der Waals surface area contributed by atoms with E-state index in [0.717, 1.165) is 67.1 Å². The molecule has 0 amide bonds. The second kappa shape index (κ2) is 13.8. The predicted molar refractivity (Wildman–Crippen MR) is 195 cm³/mol. The molecule has 0 radical (unpaired) electrons. The Kier molecular flexibility index (Phi) is 9.13. The molecular weight excluding hydrogens is 800 g/mol. The first-order valence-electron chi connectivity index (χ1n) is 16.4. The first kappa shape index (κ1) is 33.1. The Balaban J connectivity index is 0.00000392. The topological polar surface area (TPSA) is 54.1 Å². The zero-order valence-electron chi connectivity index (χ0n) is 28.1. The average molecular weight is 834 g/mol. The minimum absolute atomic E-state index is 0. The van der Waals surface area contributed by atoms with E-state index in [1.807, 2.05) is 77.9 Å². The average Bonchev–Trinajstić information content (AvgIpc) is 3.72. The summed E-state index contributed by atoms with van der Waals surface area (Å²) in [7, 11) is 0. The number of benzene rings is 5. The maximum absolute atomic E-state index is 6.39. The summed E-state index contributed by atoms with van der Waals surface area (Å²) in [6, 6.07) is 43.4. The molecular formula is C43H34N4O2Pt. The number of aromatic nitrogens is 4. The molecule has 0 aliphatic heterocycles. The van der Waals surface area contributed by atoms with E-state index >= 15 is 0 Å². The molecule has 248 valence electrons. The molecule has 0 saturated heterocycles. The summed E-state index contributed by atoms with van der Waals surface area (Å²) < 4.78 is 16.5. The maximum Gasteiger partial charge on any atom is 2.00 e. The third kappa shape index (κ3) is 6.35. The number of para-hydroxylation sites is 2. The van der Waals surface area contributed by atoms with Crippen LogP contribution in [0.5, 0.6) is 23.0 Å². The normalized spacial score (nSPS) is 11.2. The Morgan fingerprint density at radius 1 is 0.700 bits per heavy atom. The largest absolute Gasteiger partial charge is 2.00 e. The van der Waals surface area contributed by atoms with E-state index in [2.05, 4.69) is 99.0 Å². The van der Waals surface area contributed by atoms with Crippen LogP contribution in [-0.4, -0.2) is 19.3 Å². The monoisotopic (exact) mass is 833 g/mol. The van der Waals surface area contributed by atoms with E-state index in [9.17, 15) is 0 Å². The van der Waals surface area contributed by atoms with Crippen molar-refractivity contribution in [3.63, 3.8) is 0 Å². The fraction of sp³-hybridized carbons (Fsp3) is 0.116. The van der Waals surface area contributed by atoms with Crippen molar-refractivity contribution in [1.29, 1.82) is 0 Å². The molecule has 0 bridgehead atoms. The molecule has 0 atom stereocenters. The van der Waals surface area contributed by atoms with Crippen LogP contribution in [0, 0.1) is 26.0 Å². The van der Waals surface area contributed by atoms with E-state index in [1.54, 1.807) is 0 Å². The van der Waals surface area contributed by atoms with Gasteiger partial charge in [-0.2, -0.15) is 17.2 Å². The maximum atomic E-state index is 6.39. The molecule has 6 nitrogen and oxygen atoms in total. The summed E-state index contributed by atoms with van der Waals surface area (Å²) in [4.78, 5) is 4.76. The molecule has 0 N–H and O–H groups in total. The quantitative estimate of drug-likeness (QED) is 0.143. The van der Waals surface area contributed by atoms with Crippen LogP contribution in [0.2, 0.25) is 0 Å². The zero-order chi connectivity index (χ0) is 33.5. The van der Waals surface area contributed by atoms with Crippen LogP contribution in [0.1, 0.15) is 36.5 Å². The molecule has 3 aromatic heterocycles. The number of hydrogen-bond donors (Lipinski definition) is 0. The van der Waals surface area contributed by atoms with Gasteiger partial charge in [0.25, 0.3) is 0 Å². The van der Waals surface area contributed by atoms with E-state index in [4.69, 9.17) is 19.6 Å². The third-order valence-electron chi connectivity index (χ3n) is 8.80. The molecule has 3 heterocycles. The first-order chi connectivity index (χ1) is 23.9. The Bertz CT molecular complexity index is 2440. The molecule has 8 rings (SSSR count). The van der Waals surface area contributed by atoms with Gasteiger partial charge in [0.05, 0.1) is 6.20 Å². The number of pyridine rings is 1. The van der Waals surface area contributed by atoms with Gasteiger partial charge in [-0.25, -0.2) is 4.98 Å². The Labute approximate surface area is 306 Å². The minimum Gasteiger partial charge on any atom is -0.509 e. The number of nitrogens with zero attached hydrogens (tertiary/aromatic N) is 4. The van der Waals surface area contributed by atoms with E-state index in [1.165, 1.54) is 5.56 Å². The summed E-state index contributed by atoms with van der Waals surface area (Å²) in [6.45, 7) is 8.59. The SMILES string of the molecule is Cc1cc(Oc2ccccc2)cc(C)c1-c1cnn(-c2[c-]c(Oc3[c-]c4c(cc3)c3ccccc3n4-c3cc(C(C)C)ccn3)ccc2)c1.[Pt+2]. The van der Waals surface area contributed by atoms with E-state index < -0.39 is 0 Å². The van der Waals surface area contributed by atoms with Gasteiger partial charge < -0.3 is 14.0 Å². The molecule has 8 aromatic rings. The molecule has 0 unspecified atom stereocenters. The van der Waals surface area contributed by atoms with Crippen LogP contribution in [0.4, 0.5) is 0 Å². The second-order valence-electron chi connectivity index (χ2n) is 12.6. The molecule has 0 aliphatic rings. The van der Waals surface area contributed by atoms with Crippen molar-refractivity contribution in [2.75, 3.05) is 0 Å². The number of rotatable bonds is 8. The van der Waals surface area contributed by atoms with Crippen molar-refractivity contribution in [2.24, 2.45) is 0 Å². The minimum atomic E-state index is 0. The van der Waals surface area contributed by atoms with Crippen molar-refractivity contribution in [3.8, 4) is 45.6 Å². The van der Waals surface area contributed by atoms with Gasteiger partial charge >= 0.3 is 21.1 Å². The van der Waals surface area contributed by atoms with Crippen molar-refractivity contribution in [1.82, 2.24) is 19.3 Å². The van der Waals surface area contributed by atoms with Crippen LogP contribution in [0.3, 0.4) is 0 Å². The van der Waals surface area contributed by atoms with E-state index in [0.29, 0.717) is 17.4 Å². The smallest absolute Gasteiger partial charge is 0.509 e. The van der Waals surface area contributed by atoms with Gasteiger partial charge in [0.15, 0.2) is 0 Å². The number of aryl methyl sites for hydroxylation is 2. The van der Waals surface area contributed by atoms with Crippen LogP contribution < -0.4 is 9.47 Å². The van der Waals surface area contributed by atoms with Gasteiger partial charge in [0, 0.05) is 35.0 Å². The summed E-state index contributed by atoms with van der Waals surface area (Å²) >= 11 is 0. The first-order valence-corrected chi connectivity index (χ1v) is 16.4. The van der Waals surface area contributed by atoms with Crippen molar-refractivity contribution < 1.29 is 30.5 Å². The Morgan fingerprint density at radius 2 is 1.46 bits per heavy atom. The van der Waals surface area contributed by atoms with Crippen LogP contribution >= 0.6 is 0 Å². The fourth-order valence-corrected chi connectivity index (χ4v) is 6.48. The fourth-order valence-electron chi connectivity index (χ4n) is 6.48. The van der Waals surface area contributed by atoms with Gasteiger partial charge in [0.2, 0.25) is 0 Å². The number of fused-ring (bicyclic) bond motifs is 3. The van der Waals surface area contributed by atoms with E-state index in [-0.39, 0.29) is 21.1 Å². The molecule has 7 heteroatoms. The molecule has 0 fully saturated rings. The summed E-state index contributed by atoms with van der Waals surface area (Å²) in [5.41, 5.74) is 8.36. The zero-order valence-corrected chi connectivity index (χ0v) is 30.4. The Hall–Kier alpha value is -5.45. The summed E-state index contributed by atoms with van der Waals surface area (Å²) in [6.07, 6.45) is 5.79. The van der Waals surface area contributed by atoms with Crippen molar-refractivity contribution in [3.05, 3.63) is 157 Å². The molecule has 0 spiro atoms. The van der Waals surface area contributed by atoms with Gasteiger partial charge in [0.1, 0.15) is 17.3 Å². The predicted octanol–water partition coefficient (Wildman–Crippen LogP) is 11.0. The molecule has 50 heavy (non-hydrogen) atoms. The van der Waals surface area contributed by atoms with Gasteiger partial charge in [-0.1, -0.05) is 55.8 Å². The van der Waals surface area contributed by atoms with Crippen LogP contribution in [-0.2, 0) is 21.1 Å². The van der Waals surface area contributed by atoms with Gasteiger partial charge in [-0.3, -0.25) is 4.68 Å². The Morgan fingerprint density at radius 3 is 2.26 bits per heavy atom. The molecule has 0 aliphatic carbocycles. The standard InChI is InChI=1S/C43H34N4O2.Pt/c1-28(2)31-19-20-44-42(23-31)47-40-16-9-8-15-38(40)39-18-17-36(25-41(39)47)49-35-14-10-11-33(24-35)46-27-32(26-45-46)43-29(3)21-37(22-30(43)4)48-34-12-6-5-7-13-34;/h5-23,26-28H,1-4H3;/q-2;+2. The molecule has 5 aromatic carbocycles. The van der Waals surface area contributed by atoms with Crippen molar-refractivity contribution in [2.45, 2.75) is 33.6 Å². The van der Waals surface area contributed by atoms with Crippen LogP contribution in [0.25, 0.3) is 44.4 Å². The summed E-state index contributed by atoms with van der Waals surface area (Å²) in [5, 5.41) is 6.93. The number of hydrogen-bond acceptors (Lipinski definition) is 4. The van der Waals surface area contributed by atoms with Gasteiger partial charge in [-0.15, -0.1) is 35.7 Å². The van der Waals surface area contributed by atoms with Crippen LogP contribution in [0.15, 0.2) is 128 Å². The van der Waals surface area contributed by atoms with Crippen molar-refractivity contribution >= 4 is 21.8 Å². The molecule has 0 saturated carbocycles.